The van der Waals surface area contributed by atoms with E-state index in [9.17, 15) is 18.0 Å². The highest BCUT2D eigenvalue weighted by Crippen LogP contribution is 2.32. The molecule has 36 heavy (non-hydrogen) atoms. The number of benzene rings is 3. The Labute approximate surface area is 209 Å². The van der Waals surface area contributed by atoms with Crippen LogP contribution in [0.15, 0.2) is 71.6 Å². The minimum absolute atomic E-state index is 0.00868. The minimum atomic E-state index is -3.90. The first-order valence-electron chi connectivity index (χ1n) is 10.7. The second kappa shape index (κ2) is 9.84. The maximum atomic E-state index is 12.7. The average molecular weight is 526 g/mol. The van der Waals surface area contributed by atoms with Gasteiger partial charge in [-0.1, -0.05) is 23.5 Å². The van der Waals surface area contributed by atoms with E-state index in [1.165, 1.54) is 53.8 Å². The molecule has 0 fully saturated rings. The molecule has 0 bridgehead atoms. The van der Waals surface area contributed by atoms with Crippen LogP contribution in [0.4, 0.5) is 10.8 Å². The number of rotatable bonds is 7. The summed E-state index contributed by atoms with van der Waals surface area (Å²) < 4.78 is 44.8. The molecule has 1 amide bonds. The van der Waals surface area contributed by atoms with Crippen LogP contribution >= 0.6 is 11.3 Å². The highest BCUT2D eigenvalue weighted by molar-refractivity contribution is 7.92. The number of nitrogens with one attached hydrogen (secondary N) is 2. The SMILES string of the molecule is O=C(COC(=O)c1ccc(NS(=O)(=O)c2ccc3c(c2)OCCO3)cc1)Nc1nc2ccccc2s1. The van der Waals surface area contributed by atoms with Crippen molar-refractivity contribution >= 4 is 54.3 Å². The quantitative estimate of drug-likeness (QED) is 0.349. The van der Waals surface area contributed by atoms with Gasteiger partial charge in [0, 0.05) is 11.8 Å². The molecule has 0 saturated carbocycles. The van der Waals surface area contributed by atoms with E-state index in [2.05, 4.69) is 15.0 Å². The molecular formula is C24H19N3O7S2. The van der Waals surface area contributed by atoms with Crippen LogP contribution in [0.2, 0.25) is 0 Å². The topological polar surface area (TPSA) is 133 Å². The average Bonchev–Trinajstić information content (AvgIpc) is 3.29. The standard InChI is InChI=1S/C24H19N3O7S2/c28-22(26-24-25-18-3-1-2-4-21(18)35-24)14-34-23(29)15-5-7-16(8-6-15)27-36(30,31)17-9-10-19-20(13-17)33-12-11-32-19/h1-10,13,27H,11-12,14H2,(H,25,26,28). The second-order valence-corrected chi connectivity index (χ2v) is 10.3. The normalized spacial score (nSPS) is 12.7. The van der Waals surface area contributed by atoms with Crippen molar-refractivity contribution in [3.63, 3.8) is 0 Å². The fourth-order valence-corrected chi connectivity index (χ4v) is 5.33. The number of amides is 1. The molecule has 10 nitrogen and oxygen atoms in total. The van der Waals surface area contributed by atoms with E-state index >= 15 is 0 Å². The summed E-state index contributed by atoms with van der Waals surface area (Å²) in [5.41, 5.74) is 1.17. The van der Waals surface area contributed by atoms with Gasteiger partial charge in [-0.25, -0.2) is 18.2 Å². The van der Waals surface area contributed by atoms with E-state index in [0.29, 0.717) is 29.8 Å². The lowest BCUT2D eigenvalue weighted by molar-refractivity contribution is -0.119. The third kappa shape index (κ3) is 5.24. The molecule has 0 spiro atoms. The van der Waals surface area contributed by atoms with Gasteiger partial charge in [-0.2, -0.15) is 0 Å². The van der Waals surface area contributed by atoms with E-state index in [0.717, 1.165) is 10.2 Å². The van der Waals surface area contributed by atoms with Crippen LogP contribution in [0.1, 0.15) is 10.4 Å². The molecule has 0 unspecified atom stereocenters. The van der Waals surface area contributed by atoms with Crippen LogP contribution < -0.4 is 19.5 Å². The molecule has 0 aliphatic carbocycles. The van der Waals surface area contributed by atoms with Crippen LogP contribution in [0, 0.1) is 0 Å². The van der Waals surface area contributed by atoms with Crippen molar-refractivity contribution in [3.8, 4) is 11.5 Å². The molecule has 1 aliphatic rings. The van der Waals surface area contributed by atoms with Gasteiger partial charge in [0.25, 0.3) is 15.9 Å². The Bertz CT molecular complexity index is 1520. The van der Waals surface area contributed by atoms with Crippen molar-refractivity contribution < 1.29 is 32.2 Å². The van der Waals surface area contributed by atoms with Gasteiger partial charge in [-0.05, 0) is 48.5 Å². The number of ether oxygens (including phenoxy) is 3. The molecule has 0 saturated heterocycles. The summed E-state index contributed by atoms with van der Waals surface area (Å²) in [6.45, 7) is 0.248. The molecule has 1 aromatic heterocycles. The maximum absolute atomic E-state index is 12.7. The van der Waals surface area contributed by atoms with Crippen LogP contribution in [-0.4, -0.2) is 45.1 Å². The summed E-state index contributed by atoms with van der Waals surface area (Å²) in [5.74, 6) is -0.409. The first-order valence-corrected chi connectivity index (χ1v) is 13.0. The number of hydrogen-bond acceptors (Lipinski definition) is 9. The third-order valence-corrected chi connectivity index (χ3v) is 7.40. The Kier molecular flexibility index (Phi) is 6.44. The van der Waals surface area contributed by atoms with Gasteiger partial charge >= 0.3 is 5.97 Å². The Hall–Kier alpha value is -4.16. The molecule has 4 aromatic rings. The summed E-state index contributed by atoms with van der Waals surface area (Å²) in [6, 6.07) is 17.4. The van der Waals surface area contributed by atoms with Crippen molar-refractivity contribution in [1.29, 1.82) is 0 Å². The van der Waals surface area contributed by atoms with E-state index in [1.807, 2.05) is 24.3 Å². The summed E-state index contributed by atoms with van der Waals surface area (Å²) in [4.78, 5) is 28.8. The monoisotopic (exact) mass is 525 g/mol. The highest BCUT2D eigenvalue weighted by Gasteiger charge is 2.20. The Morgan fingerprint density at radius 1 is 0.972 bits per heavy atom. The summed E-state index contributed by atoms with van der Waals surface area (Å²) in [7, 11) is -3.90. The number of carbonyl (C=O) groups is 2. The summed E-state index contributed by atoms with van der Waals surface area (Å²) in [5, 5.41) is 3.01. The van der Waals surface area contributed by atoms with Crippen molar-refractivity contribution in [2.45, 2.75) is 4.90 Å². The highest BCUT2D eigenvalue weighted by atomic mass is 32.2. The van der Waals surface area contributed by atoms with Crippen molar-refractivity contribution in [2.24, 2.45) is 0 Å². The third-order valence-electron chi connectivity index (χ3n) is 5.07. The molecule has 1 aliphatic heterocycles. The number of sulfonamides is 1. The zero-order valence-corrected chi connectivity index (χ0v) is 20.2. The van der Waals surface area contributed by atoms with E-state index in [-0.39, 0.29) is 16.1 Å². The van der Waals surface area contributed by atoms with Gasteiger partial charge in [-0.15, -0.1) is 0 Å². The fourth-order valence-electron chi connectivity index (χ4n) is 3.37. The lowest BCUT2D eigenvalue weighted by Crippen LogP contribution is -2.20. The fraction of sp³-hybridized carbons (Fsp3) is 0.125. The Morgan fingerprint density at radius 2 is 1.72 bits per heavy atom. The van der Waals surface area contributed by atoms with Crippen LogP contribution in [0.3, 0.4) is 0 Å². The number of fused-ring (bicyclic) bond motifs is 2. The van der Waals surface area contributed by atoms with Crippen LogP contribution in [0.25, 0.3) is 10.2 Å². The van der Waals surface area contributed by atoms with Gasteiger partial charge in [0.1, 0.15) is 13.2 Å². The predicted molar refractivity (Wildman–Crippen MR) is 133 cm³/mol. The second-order valence-electron chi connectivity index (χ2n) is 7.60. The van der Waals surface area contributed by atoms with Crippen molar-refractivity contribution in [1.82, 2.24) is 4.98 Å². The van der Waals surface area contributed by atoms with Gasteiger partial charge in [-0.3, -0.25) is 14.8 Å². The van der Waals surface area contributed by atoms with Crippen LogP contribution in [0.5, 0.6) is 11.5 Å². The summed E-state index contributed by atoms with van der Waals surface area (Å²) >= 11 is 1.31. The largest absolute Gasteiger partial charge is 0.486 e. The number of thiazole rings is 1. The Balaban J connectivity index is 1.17. The molecule has 0 atom stereocenters. The smallest absolute Gasteiger partial charge is 0.338 e. The molecule has 3 aromatic carbocycles. The molecule has 0 radical (unpaired) electrons. The van der Waals surface area contributed by atoms with Gasteiger partial charge < -0.3 is 14.2 Å². The number of aromatic nitrogens is 1. The van der Waals surface area contributed by atoms with E-state index in [1.54, 1.807) is 0 Å². The predicted octanol–water partition coefficient (Wildman–Crippen LogP) is 3.66. The molecule has 12 heteroatoms. The number of carbonyl (C=O) groups excluding carboxylic acids is 2. The maximum Gasteiger partial charge on any atom is 0.338 e. The molecule has 2 heterocycles. The van der Waals surface area contributed by atoms with Gasteiger partial charge in [0.2, 0.25) is 0 Å². The number of nitrogens with zero attached hydrogens (tertiary/aromatic N) is 1. The molecular weight excluding hydrogens is 506 g/mol. The number of para-hydroxylation sites is 1. The van der Waals surface area contributed by atoms with Crippen molar-refractivity contribution in [2.75, 3.05) is 29.9 Å². The van der Waals surface area contributed by atoms with E-state index < -0.39 is 28.5 Å². The lowest BCUT2D eigenvalue weighted by atomic mass is 10.2. The number of hydrogen-bond donors (Lipinski definition) is 2. The van der Waals surface area contributed by atoms with Crippen LogP contribution in [-0.2, 0) is 19.6 Å². The van der Waals surface area contributed by atoms with Crippen molar-refractivity contribution in [3.05, 3.63) is 72.3 Å². The first kappa shape index (κ1) is 23.6. The molecule has 2 N–H and O–H groups in total. The molecule has 5 rings (SSSR count). The minimum Gasteiger partial charge on any atom is -0.486 e. The van der Waals surface area contributed by atoms with Gasteiger partial charge in [0.05, 0.1) is 20.7 Å². The van der Waals surface area contributed by atoms with E-state index in [4.69, 9.17) is 14.2 Å². The van der Waals surface area contributed by atoms with Gasteiger partial charge in [0.15, 0.2) is 23.2 Å². The lowest BCUT2D eigenvalue weighted by Gasteiger charge is -2.19. The number of esters is 1. The zero-order chi connectivity index (χ0) is 25.1. The molecule has 184 valence electrons. The first-order chi connectivity index (χ1) is 17.4. The number of anilines is 2. The Morgan fingerprint density at radius 3 is 2.50 bits per heavy atom. The zero-order valence-electron chi connectivity index (χ0n) is 18.6. The summed E-state index contributed by atoms with van der Waals surface area (Å²) in [6.07, 6.45) is 0.